The molecule has 0 aliphatic rings. The number of nitrogens with one attached hydrogen (secondary N) is 1. The van der Waals surface area contributed by atoms with E-state index in [1.54, 1.807) is 6.26 Å². The quantitative estimate of drug-likeness (QED) is 0.612. The molecule has 3 rings (SSSR count). The van der Waals surface area contributed by atoms with Gasteiger partial charge < -0.3 is 24.1 Å². The van der Waals surface area contributed by atoms with E-state index in [4.69, 9.17) is 8.83 Å². The summed E-state index contributed by atoms with van der Waals surface area (Å²) in [6.45, 7) is 7.44. The minimum absolute atomic E-state index is 0.0173. The third-order valence-corrected chi connectivity index (χ3v) is 5.33. The van der Waals surface area contributed by atoms with E-state index in [1.165, 1.54) is 0 Å². The smallest absolute Gasteiger partial charge is 0.339 e. The summed E-state index contributed by atoms with van der Waals surface area (Å²) in [5.74, 6) is -1.75. The largest absolute Gasteiger partial charge is 0.548 e. The number of rotatable bonds is 7. The summed E-state index contributed by atoms with van der Waals surface area (Å²) in [5, 5.41) is 15.3. The van der Waals surface area contributed by atoms with Crippen LogP contribution in [0, 0.1) is 20.8 Å². The van der Waals surface area contributed by atoms with Crippen LogP contribution >= 0.6 is 0 Å². The standard InChI is InChI=1S/C22H25NO6/c1-5-6-17(21(25)26)23-18(24)8-7-14-12(3)16-9-15-11(2)10-28-19(15)13(4)20(16)29-22(14)27/h9-10,17H,5-8H2,1-4H3,(H,23,24)(H,25,26)/p-1/t17-/m0/s1. The number of hydrogen-bond donors (Lipinski definition) is 1. The molecule has 0 fully saturated rings. The zero-order chi connectivity index (χ0) is 21.3. The van der Waals surface area contributed by atoms with E-state index < -0.39 is 23.5 Å². The lowest BCUT2D eigenvalue weighted by atomic mass is 9.98. The molecule has 2 aromatic heterocycles. The first kappa shape index (κ1) is 20.6. The van der Waals surface area contributed by atoms with E-state index in [1.807, 2.05) is 33.8 Å². The van der Waals surface area contributed by atoms with Crippen molar-refractivity contribution >= 4 is 33.8 Å². The second-order valence-electron chi connectivity index (χ2n) is 7.39. The number of furan rings is 1. The monoisotopic (exact) mass is 398 g/mol. The molecular formula is C22H24NO6-. The van der Waals surface area contributed by atoms with Crippen molar-refractivity contribution < 1.29 is 23.5 Å². The van der Waals surface area contributed by atoms with Crippen LogP contribution in [0.3, 0.4) is 0 Å². The fourth-order valence-corrected chi connectivity index (χ4v) is 3.65. The van der Waals surface area contributed by atoms with Gasteiger partial charge >= 0.3 is 5.63 Å². The van der Waals surface area contributed by atoms with Gasteiger partial charge in [0.1, 0.15) is 11.2 Å². The Morgan fingerprint density at radius 1 is 1.14 bits per heavy atom. The Hall–Kier alpha value is -3.09. The van der Waals surface area contributed by atoms with Gasteiger partial charge in [-0.05, 0) is 50.8 Å². The number of carboxylic acid groups (broad SMARTS) is 1. The average molecular weight is 398 g/mol. The van der Waals surface area contributed by atoms with E-state index in [9.17, 15) is 19.5 Å². The number of carboxylic acids is 1. The van der Waals surface area contributed by atoms with Crippen molar-refractivity contribution in [3.63, 3.8) is 0 Å². The van der Waals surface area contributed by atoms with Crippen LogP contribution in [0.4, 0.5) is 0 Å². The third kappa shape index (κ3) is 3.90. The van der Waals surface area contributed by atoms with E-state index in [0.717, 1.165) is 27.5 Å². The van der Waals surface area contributed by atoms with Gasteiger partial charge in [-0.15, -0.1) is 0 Å². The molecule has 2 heterocycles. The van der Waals surface area contributed by atoms with Crippen LogP contribution in [0.15, 0.2) is 26.0 Å². The van der Waals surface area contributed by atoms with Gasteiger partial charge in [0, 0.05) is 28.3 Å². The maximum absolute atomic E-state index is 12.6. The van der Waals surface area contributed by atoms with E-state index >= 15 is 0 Å². The summed E-state index contributed by atoms with van der Waals surface area (Å²) in [4.78, 5) is 35.8. The first-order valence-corrected chi connectivity index (χ1v) is 9.68. The summed E-state index contributed by atoms with van der Waals surface area (Å²) < 4.78 is 11.1. The molecule has 1 N–H and O–H groups in total. The van der Waals surface area contributed by atoms with Crippen LogP contribution in [-0.4, -0.2) is 17.9 Å². The van der Waals surface area contributed by atoms with E-state index in [-0.39, 0.29) is 12.8 Å². The lowest BCUT2D eigenvalue weighted by Crippen LogP contribution is -2.47. The van der Waals surface area contributed by atoms with Crippen LogP contribution in [-0.2, 0) is 16.0 Å². The molecule has 7 heteroatoms. The highest BCUT2D eigenvalue weighted by molar-refractivity contribution is 5.99. The van der Waals surface area contributed by atoms with Gasteiger partial charge in [0.25, 0.3) is 0 Å². The number of hydrogen-bond acceptors (Lipinski definition) is 6. The molecule has 0 bridgehead atoms. The molecule has 0 unspecified atom stereocenters. The Bertz CT molecular complexity index is 1150. The number of fused-ring (bicyclic) bond motifs is 2. The third-order valence-electron chi connectivity index (χ3n) is 5.33. The highest BCUT2D eigenvalue weighted by Gasteiger charge is 2.19. The Morgan fingerprint density at radius 3 is 2.52 bits per heavy atom. The Kier molecular flexibility index (Phi) is 5.77. The molecule has 0 saturated heterocycles. The second kappa shape index (κ2) is 8.11. The SMILES string of the molecule is CCC[C@H](NC(=O)CCc1c(C)c2cc3c(C)coc3c(C)c2oc1=O)C(=O)[O-]. The van der Waals surface area contributed by atoms with Crippen molar-refractivity contribution in [2.24, 2.45) is 0 Å². The molecule has 0 aliphatic heterocycles. The molecule has 29 heavy (non-hydrogen) atoms. The van der Waals surface area contributed by atoms with Crippen LogP contribution in [0.5, 0.6) is 0 Å². The van der Waals surface area contributed by atoms with Gasteiger partial charge in [0.2, 0.25) is 5.91 Å². The maximum atomic E-state index is 12.6. The molecule has 0 spiro atoms. The molecule has 1 amide bonds. The zero-order valence-electron chi connectivity index (χ0n) is 17.0. The van der Waals surface area contributed by atoms with Gasteiger partial charge in [-0.25, -0.2) is 4.79 Å². The topological polar surface area (TPSA) is 113 Å². The summed E-state index contributed by atoms with van der Waals surface area (Å²) in [6.07, 6.45) is 2.71. The van der Waals surface area contributed by atoms with E-state index in [2.05, 4.69) is 5.32 Å². The normalized spacial score (nSPS) is 12.4. The van der Waals surface area contributed by atoms with Crippen LogP contribution in [0.2, 0.25) is 0 Å². The van der Waals surface area contributed by atoms with Crippen molar-refractivity contribution in [2.75, 3.05) is 0 Å². The molecule has 0 aliphatic carbocycles. The van der Waals surface area contributed by atoms with Crippen molar-refractivity contribution in [3.8, 4) is 0 Å². The second-order valence-corrected chi connectivity index (χ2v) is 7.39. The number of aliphatic carboxylic acids is 1. The molecule has 154 valence electrons. The van der Waals surface area contributed by atoms with Crippen LogP contribution < -0.4 is 16.0 Å². The summed E-state index contributed by atoms with van der Waals surface area (Å²) in [5.41, 5.74) is 3.56. The van der Waals surface area contributed by atoms with Crippen LogP contribution in [0.1, 0.15) is 48.4 Å². The van der Waals surface area contributed by atoms with Crippen molar-refractivity contribution in [1.29, 1.82) is 0 Å². The summed E-state index contributed by atoms with van der Waals surface area (Å²) >= 11 is 0. The fourth-order valence-electron chi connectivity index (χ4n) is 3.65. The van der Waals surface area contributed by atoms with Gasteiger partial charge in [0.05, 0.1) is 18.3 Å². The Morgan fingerprint density at radius 2 is 1.86 bits per heavy atom. The number of aryl methyl sites for hydroxylation is 3. The minimum Gasteiger partial charge on any atom is -0.548 e. The molecule has 7 nitrogen and oxygen atoms in total. The van der Waals surface area contributed by atoms with E-state index in [0.29, 0.717) is 29.6 Å². The Labute approximate surface area is 167 Å². The number of carbonyl (C=O) groups excluding carboxylic acids is 2. The lowest BCUT2D eigenvalue weighted by Gasteiger charge is -2.19. The molecule has 1 aromatic carbocycles. The molecule has 1 atom stereocenters. The first-order valence-electron chi connectivity index (χ1n) is 9.68. The predicted octanol–water partition coefficient (Wildman–Crippen LogP) is 2.43. The average Bonchev–Trinajstić information content (AvgIpc) is 3.03. The number of carbonyl (C=O) groups is 2. The molecule has 3 aromatic rings. The van der Waals surface area contributed by atoms with Gasteiger partial charge in [-0.2, -0.15) is 0 Å². The Balaban J connectivity index is 1.91. The minimum atomic E-state index is -1.31. The highest BCUT2D eigenvalue weighted by atomic mass is 16.4. The van der Waals surface area contributed by atoms with Crippen molar-refractivity contribution in [3.05, 3.63) is 45.0 Å². The lowest BCUT2D eigenvalue weighted by molar-refractivity contribution is -0.308. The van der Waals surface area contributed by atoms with Gasteiger partial charge in [-0.3, -0.25) is 4.79 Å². The molecular weight excluding hydrogens is 374 g/mol. The number of amides is 1. The predicted molar refractivity (Wildman–Crippen MR) is 107 cm³/mol. The maximum Gasteiger partial charge on any atom is 0.339 e. The highest BCUT2D eigenvalue weighted by Crippen LogP contribution is 2.32. The summed E-state index contributed by atoms with van der Waals surface area (Å²) in [7, 11) is 0. The number of benzene rings is 1. The van der Waals surface area contributed by atoms with Gasteiger partial charge in [-0.1, -0.05) is 13.3 Å². The molecule has 0 radical (unpaired) electrons. The van der Waals surface area contributed by atoms with Gasteiger partial charge in [0.15, 0.2) is 0 Å². The van der Waals surface area contributed by atoms with Crippen molar-refractivity contribution in [1.82, 2.24) is 5.32 Å². The first-order chi connectivity index (χ1) is 13.7. The summed E-state index contributed by atoms with van der Waals surface area (Å²) in [6, 6.07) is 0.910. The zero-order valence-corrected chi connectivity index (χ0v) is 17.0. The van der Waals surface area contributed by atoms with Crippen LogP contribution in [0.25, 0.3) is 21.9 Å². The fraction of sp³-hybridized carbons (Fsp3) is 0.409. The molecule has 0 saturated carbocycles. The van der Waals surface area contributed by atoms with Crippen molar-refractivity contribution in [2.45, 2.75) is 59.4 Å².